The monoisotopic (exact) mass is 235 g/mol. The fraction of sp³-hybridized carbons (Fsp3) is 0.455. The molecule has 92 valence electrons. The van der Waals surface area contributed by atoms with Crippen molar-refractivity contribution in [3.63, 3.8) is 0 Å². The van der Waals surface area contributed by atoms with Crippen molar-refractivity contribution in [1.29, 1.82) is 0 Å². The van der Waals surface area contributed by atoms with E-state index in [2.05, 4.69) is 15.3 Å². The Labute approximate surface area is 100.0 Å². The molecule has 6 nitrogen and oxygen atoms in total. The third-order valence-electron chi connectivity index (χ3n) is 3.15. The Morgan fingerprint density at radius 1 is 1.47 bits per heavy atom. The number of pyridine rings is 1. The van der Waals surface area contributed by atoms with Crippen molar-refractivity contribution in [1.82, 2.24) is 4.98 Å². The van der Waals surface area contributed by atoms with E-state index >= 15 is 0 Å². The number of nitrogen functional groups attached to an aromatic ring is 1. The molecule has 1 saturated heterocycles. The van der Waals surface area contributed by atoms with Crippen LogP contribution in [0.3, 0.4) is 0 Å². The summed E-state index contributed by atoms with van der Waals surface area (Å²) in [6.07, 6.45) is 3.33. The van der Waals surface area contributed by atoms with Crippen LogP contribution in [0, 0.1) is 5.92 Å². The molecule has 0 radical (unpaired) electrons. The first-order chi connectivity index (χ1) is 8.20. The van der Waals surface area contributed by atoms with Crippen molar-refractivity contribution < 1.29 is 4.79 Å². The minimum atomic E-state index is -0.191. The second kappa shape index (κ2) is 5.01. The van der Waals surface area contributed by atoms with Gasteiger partial charge in [0.1, 0.15) is 5.82 Å². The van der Waals surface area contributed by atoms with E-state index in [4.69, 9.17) is 11.6 Å². The molecule has 6 heteroatoms. The number of carbonyl (C=O) groups excluding carboxylic acids is 1. The lowest BCUT2D eigenvalue weighted by Crippen LogP contribution is -2.38. The minimum Gasteiger partial charge on any atom is -0.371 e. The van der Waals surface area contributed by atoms with Crippen LogP contribution in [0.4, 0.5) is 11.5 Å². The molecule has 0 atom stereocenters. The van der Waals surface area contributed by atoms with Gasteiger partial charge in [0.05, 0.1) is 0 Å². The molecule has 2 heterocycles. The summed E-state index contributed by atoms with van der Waals surface area (Å²) >= 11 is 0. The average molecular weight is 235 g/mol. The number of carbonyl (C=O) groups is 1. The van der Waals surface area contributed by atoms with Gasteiger partial charge in [-0.15, -0.1) is 0 Å². The van der Waals surface area contributed by atoms with Gasteiger partial charge >= 0.3 is 0 Å². The van der Waals surface area contributed by atoms with Crippen LogP contribution in [0.5, 0.6) is 0 Å². The van der Waals surface area contributed by atoms with Crippen molar-refractivity contribution in [2.24, 2.45) is 17.5 Å². The molecule has 5 N–H and O–H groups in total. The van der Waals surface area contributed by atoms with Crippen LogP contribution in [-0.2, 0) is 4.79 Å². The van der Waals surface area contributed by atoms with Crippen LogP contribution in [0.25, 0.3) is 0 Å². The topological polar surface area (TPSA) is 97.3 Å². The lowest BCUT2D eigenvalue weighted by molar-refractivity contribution is -0.122. The Bertz CT molecular complexity index is 401. The van der Waals surface area contributed by atoms with E-state index in [0.29, 0.717) is 5.82 Å². The second-order valence-electron chi connectivity index (χ2n) is 4.21. The zero-order chi connectivity index (χ0) is 12.3. The SMILES string of the molecule is NNc1cc(N2CCC(C(N)=O)CC2)ccn1. The van der Waals surface area contributed by atoms with Gasteiger partial charge in [0, 0.05) is 37.0 Å². The Kier molecular flexibility index (Phi) is 3.43. The number of piperidine rings is 1. The smallest absolute Gasteiger partial charge is 0.220 e. The largest absolute Gasteiger partial charge is 0.371 e. The molecule has 1 aromatic rings. The first-order valence-corrected chi connectivity index (χ1v) is 5.67. The van der Waals surface area contributed by atoms with Crippen LogP contribution in [0.2, 0.25) is 0 Å². The average Bonchev–Trinajstić information content (AvgIpc) is 2.39. The van der Waals surface area contributed by atoms with Crippen LogP contribution >= 0.6 is 0 Å². The molecule has 0 aromatic carbocycles. The number of nitrogens with zero attached hydrogens (tertiary/aromatic N) is 2. The zero-order valence-corrected chi connectivity index (χ0v) is 9.60. The molecule has 0 aliphatic carbocycles. The number of amides is 1. The Morgan fingerprint density at radius 3 is 2.76 bits per heavy atom. The number of rotatable bonds is 3. The van der Waals surface area contributed by atoms with Gasteiger partial charge in [0.15, 0.2) is 0 Å². The van der Waals surface area contributed by atoms with Gasteiger partial charge in [0.2, 0.25) is 5.91 Å². The summed E-state index contributed by atoms with van der Waals surface area (Å²) in [5, 5.41) is 0. The maximum Gasteiger partial charge on any atom is 0.220 e. The Balaban J connectivity index is 2.02. The molecule has 0 bridgehead atoms. The molecule has 2 rings (SSSR count). The molecule has 1 aliphatic heterocycles. The van der Waals surface area contributed by atoms with E-state index in [1.165, 1.54) is 0 Å². The summed E-state index contributed by atoms with van der Waals surface area (Å²) in [6, 6.07) is 3.83. The minimum absolute atomic E-state index is 0.0141. The van der Waals surface area contributed by atoms with E-state index in [1.807, 2.05) is 12.1 Å². The Morgan fingerprint density at radius 2 is 2.18 bits per heavy atom. The van der Waals surface area contributed by atoms with Crippen LogP contribution in [-0.4, -0.2) is 24.0 Å². The molecular weight excluding hydrogens is 218 g/mol. The van der Waals surface area contributed by atoms with Crippen molar-refractivity contribution in [2.75, 3.05) is 23.4 Å². The lowest BCUT2D eigenvalue weighted by Gasteiger charge is -2.32. The van der Waals surface area contributed by atoms with Crippen LogP contribution in [0.1, 0.15) is 12.8 Å². The van der Waals surface area contributed by atoms with Crippen LogP contribution in [0.15, 0.2) is 18.3 Å². The molecule has 0 saturated carbocycles. The molecule has 0 unspecified atom stereocenters. The summed E-state index contributed by atoms with van der Waals surface area (Å²) in [5.74, 6) is 5.78. The highest BCUT2D eigenvalue weighted by atomic mass is 16.1. The fourth-order valence-electron chi connectivity index (χ4n) is 2.12. The van der Waals surface area contributed by atoms with E-state index in [9.17, 15) is 4.79 Å². The van der Waals surface area contributed by atoms with Gasteiger partial charge in [-0.1, -0.05) is 0 Å². The molecule has 1 aromatic heterocycles. The number of primary amides is 1. The number of hydrogen-bond acceptors (Lipinski definition) is 5. The van der Waals surface area contributed by atoms with E-state index in [0.717, 1.165) is 31.6 Å². The fourth-order valence-corrected chi connectivity index (χ4v) is 2.12. The van der Waals surface area contributed by atoms with Gasteiger partial charge in [-0.3, -0.25) is 4.79 Å². The van der Waals surface area contributed by atoms with E-state index < -0.39 is 0 Å². The molecule has 17 heavy (non-hydrogen) atoms. The van der Waals surface area contributed by atoms with Crippen LogP contribution < -0.4 is 21.9 Å². The third kappa shape index (κ3) is 2.65. The van der Waals surface area contributed by atoms with E-state index in [-0.39, 0.29) is 11.8 Å². The molecular formula is C11H17N5O. The molecule has 0 spiro atoms. The zero-order valence-electron chi connectivity index (χ0n) is 9.60. The van der Waals surface area contributed by atoms with Gasteiger partial charge < -0.3 is 16.1 Å². The van der Waals surface area contributed by atoms with Crippen molar-refractivity contribution in [3.8, 4) is 0 Å². The van der Waals surface area contributed by atoms with Gasteiger partial charge in [0.25, 0.3) is 0 Å². The first-order valence-electron chi connectivity index (χ1n) is 5.67. The molecule has 1 amide bonds. The quantitative estimate of drug-likeness (QED) is 0.509. The normalized spacial score (nSPS) is 16.9. The highest BCUT2D eigenvalue weighted by Crippen LogP contribution is 2.23. The predicted molar refractivity (Wildman–Crippen MR) is 66.2 cm³/mol. The molecule has 1 fully saturated rings. The van der Waals surface area contributed by atoms with Gasteiger partial charge in [-0.05, 0) is 18.9 Å². The summed E-state index contributed by atoms with van der Waals surface area (Å²) in [5.41, 5.74) is 8.89. The second-order valence-corrected chi connectivity index (χ2v) is 4.21. The number of nitrogens with two attached hydrogens (primary N) is 2. The summed E-state index contributed by atoms with van der Waals surface area (Å²) < 4.78 is 0. The van der Waals surface area contributed by atoms with Gasteiger partial charge in [-0.25, -0.2) is 10.8 Å². The number of aromatic nitrogens is 1. The van der Waals surface area contributed by atoms with E-state index in [1.54, 1.807) is 6.20 Å². The standard InChI is InChI=1S/C11H17N5O/c12-11(17)8-2-5-16(6-3-8)9-1-4-14-10(7-9)15-13/h1,4,7-8H,2-3,5-6,13H2,(H2,12,17)(H,14,15). The summed E-state index contributed by atoms with van der Waals surface area (Å²) in [7, 11) is 0. The summed E-state index contributed by atoms with van der Waals surface area (Å²) in [4.78, 5) is 17.3. The highest BCUT2D eigenvalue weighted by Gasteiger charge is 2.23. The molecule has 1 aliphatic rings. The third-order valence-corrected chi connectivity index (χ3v) is 3.15. The highest BCUT2D eigenvalue weighted by molar-refractivity contribution is 5.77. The maximum absolute atomic E-state index is 11.1. The predicted octanol–water partition coefficient (Wildman–Crippen LogP) is 0.0689. The number of hydrazine groups is 1. The first kappa shape index (κ1) is 11.7. The lowest BCUT2D eigenvalue weighted by atomic mass is 9.96. The van der Waals surface area contributed by atoms with Crippen molar-refractivity contribution in [2.45, 2.75) is 12.8 Å². The van der Waals surface area contributed by atoms with Gasteiger partial charge in [-0.2, -0.15) is 0 Å². The number of nitrogens with one attached hydrogen (secondary N) is 1. The maximum atomic E-state index is 11.1. The summed E-state index contributed by atoms with van der Waals surface area (Å²) in [6.45, 7) is 1.67. The number of anilines is 2. The number of hydrogen-bond donors (Lipinski definition) is 3. The van der Waals surface area contributed by atoms with Crippen molar-refractivity contribution in [3.05, 3.63) is 18.3 Å². The Hall–Kier alpha value is -1.82. The van der Waals surface area contributed by atoms with Crippen molar-refractivity contribution >= 4 is 17.4 Å².